The van der Waals surface area contributed by atoms with Gasteiger partial charge in [-0.3, -0.25) is 0 Å². The smallest absolute Gasteiger partial charge is 0.213 e. The van der Waals surface area contributed by atoms with Crippen molar-refractivity contribution in [2.24, 2.45) is 0 Å². The van der Waals surface area contributed by atoms with E-state index in [-0.39, 0.29) is 17.0 Å². The standard InChI is InChI=1S/C24H28NO4.BrH/c1-5-6-11-29-24-19-15-25-10-9-17-13-22(27-3)23(28-4)14-18(17)20(25)12-16(19)7-8-21(24)26-2;/h7-8,12-15H,5-6,9-11H2,1-4H3;1H/q+1;/p-1. The molecule has 0 saturated carbocycles. The Morgan fingerprint density at radius 3 is 2.37 bits per heavy atom. The number of aryl methyl sites for hydroxylation is 2. The second-order valence-corrected chi connectivity index (χ2v) is 7.27. The van der Waals surface area contributed by atoms with Crippen molar-refractivity contribution in [2.45, 2.75) is 32.7 Å². The molecular formula is C24H28BrNO4. The quantitative estimate of drug-likeness (QED) is 0.385. The van der Waals surface area contributed by atoms with Crippen molar-refractivity contribution in [1.82, 2.24) is 0 Å². The molecule has 0 atom stereocenters. The predicted molar refractivity (Wildman–Crippen MR) is 113 cm³/mol. The number of hydrogen-bond acceptors (Lipinski definition) is 4. The zero-order valence-corrected chi connectivity index (χ0v) is 19.5. The Labute approximate surface area is 188 Å². The molecule has 0 radical (unpaired) electrons. The molecule has 0 aliphatic carbocycles. The molecule has 0 N–H and O–H groups in total. The first kappa shape index (κ1) is 22.2. The van der Waals surface area contributed by atoms with Crippen LogP contribution < -0.4 is 40.5 Å². The molecule has 30 heavy (non-hydrogen) atoms. The summed E-state index contributed by atoms with van der Waals surface area (Å²) >= 11 is 0. The number of unbranched alkanes of at least 4 members (excludes halogenated alkanes) is 1. The van der Waals surface area contributed by atoms with Crippen molar-refractivity contribution in [3.8, 4) is 34.3 Å². The zero-order chi connectivity index (χ0) is 20.4. The van der Waals surface area contributed by atoms with Gasteiger partial charge in [-0.1, -0.05) is 13.3 Å². The Kier molecular flexibility index (Phi) is 7.08. The number of benzene rings is 2. The van der Waals surface area contributed by atoms with E-state index >= 15 is 0 Å². The van der Waals surface area contributed by atoms with Gasteiger partial charge >= 0.3 is 0 Å². The van der Waals surface area contributed by atoms with Crippen LogP contribution in [0.1, 0.15) is 25.3 Å². The molecule has 0 unspecified atom stereocenters. The van der Waals surface area contributed by atoms with E-state index in [1.54, 1.807) is 21.3 Å². The van der Waals surface area contributed by atoms with Gasteiger partial charge in [-0.25, -0.2) is 0 Å². The molecule has 6 heteroatoms. The number of pyridine rings is 1. The van der Waals surface area contributed by atoms with E-state index in [2.05, 4.69) is 42.0 Å². The maximum Gasteiger partial charge on any atom is 0.213 e. The number of aromatic nitrogens is 1. The zero-order valence-electron chi connectivity index (χ0n) is 18.0. The summed E-state index contributed by atoms with van der Waals surface area (Å²) in [6.07, 6.45) is 5.24. The van der Waals surface area contributed by atoms with Crippen LogP contribution in [0.4, 0.5) is 0 Å². The van der Waals surface area contributed by atoms with Crippen LogP contribution in [-0.4, -0.2) is 27.9 Å². The van der Waals surface area contributed by atoms with Crippen LogP contribution in [0.3, 0.4) is 0 Å². The number of ether oxygens (including phenoxy) is 4. The summed E-state index contributed by atoms with van der Waals surface area (Å²) in [6, 6.07) is 10.5. The van der Waals surface area contributed by atoms with E-state index in [1.165, 1.54) is 16.8 Å². The number of halogens is 1. The van der Waals surface area contributed by atoms with E-state index in [1.807, 2.05) is 6.07 Å². The summed E-state index contributed by atoms with van der Waals surface area (Å²) in [5.41, 5.74) is 3.62. The second-order valence-electron chi connectivity index (χ2n) is 7.27. The molecule has 0 bridgehead atoms. The van der Waals surface area contributed by atoms with Gasteiger partial charge in [0.05, 0.1) is 38.9 Å². The molecule has 3 aromatic rings. The van der Waals surface area contributed by atoms with Gasteiger partial charge in [0.15, 0.2) is 35.7 Å². The summed E-state index contributed by atoms with van der Waals surface area (Å²) in [5.74, 6) is 3.12. The molecule has 0 spiro atoms. The Morgan fingerprint density at radius 2 is 1.67 bits per heavy atom. The Bertz CT molecular complexity index is 1050. The number of methoxy groups -OCH3 is 3. The minimum absolute atomic E-state index is 0. The van der Waals surface area contributed by atoms with Crippen molar-refractivity contribution in [2.75, 3.05) is 27.9 Å². The Balaban J connectivity index is 0.00000256. The molecule has 0 saturated heterocycles. The monoisotopic (exact) mass is 473 g/mol. The van der Waals surface area contributed by atoms with Crippen molar-refractivity contribution < 1.29 is 40.5 Å². The normalized spacial score (nSPS) is 11.9. The van der Waals surface area contributed by atoms with Crippen molar-refractivity contribution >= 4 is 10.8 Å². The highest BCUT2D eigenvalue weighted by molar-refractivity contribution is 5.91. The number of hydrogen-bond donors (Lipinski definition) is 0. The number of fused-ring (bicyclic) bond motifs is 4. The molecule has 160 valence electrons. The van der Waals surface area contributed by atoms with Gasteiger partial charge in [-0.2, -0.15) is 4.57 Å². The first-order valence-electron chi connectivity index (χ1n) is 10.1. The van der Waals surface area contributed by atoms with Gasteiger partial charge in [0.2, 0.25) is 5.69 Å². The minimum Gasteiger partial charge on any atom is -1.00 e. The molecule has 4 rings (SSSR count). The largest absolute Gasteiger partial charge is 1.00 e. The molecule has 1 aliphatic rings. The molecule has 0 fully saturated rings. The van der Waals surface area contributed by atoms with Crippen LogP contribution >= 0.6 is 0 Å². The lowest BCUT2D eigenvalue weighted by atomic mass is 9.95. The first-order valence-corrected chi connectivity index (χ1v) is 10.1. The molecule has 2 aromatic carbocycles. The van der Waals surface area contributed by atoms with Gasteiger partial charge < -0.3 is 35.9 Å². The summed E-state index contributed by atoms with van der Waals surface area (Å²) in [7, 11) is 5.04. The third-order valence-corrected chi connectivity index (χ3v) is 5.55. The minimum atomic E-state index is 0. The first-order chi connectivity index (χ1) is 14.2. The van der Waals surface area contributed by atoms with E-state index in [0.717, 1.165) is 59.6 Å². The van der Waals surface area contributed by atoms with Gasteiger partial charge in [0.1, 0.15) is 0 Å². The summed E-state index contributed by atoms with van der Waals surface area (Å²) in [6.45, 7) is 3.75. The molecule has 0 amide bonds. The highest BCUT2D eigenvalue weighted by Crippen LogP contribution is 2.40. The second kappa shape index (κ2) is 9.56. The van der Waals surface area contributed by atoms with E-state index in [0.29, 0.717) is 6.61 Å². The van der Waals surface area contributed by atoms with Crippen LogP contribution in [0, 0.1) is 0 Å². The van der Waals surface area contributed by atoms with E-state index in [9.17, 15) is 0 Å². The topological polar surface area (TPSA) is 40.8 Å². The highest BCUT2D eigenvalue weighted by Gasteiger charge is 2.27. The molecule has 2 heterocycles. The molecule has 1 aromatic heterocycles. The fraction of sp³-hybridized carbons (Fsp3) is 0.375. The van der Waals surface area contributed by atoms with E-state index in [4.69, 9.17) is 18.9 Å². The molecule has 5 nitrogen and oxygen atoms in total. The highest BCUT2D eigenvalue weighted by atomic mass is 79.9. The third-order valence-electron chi connectivity index (χ3n) is 5.55. The van der Waals surface area contributed by atoms with Gasteiger partial charge in [-0.15, -0.1) is 0 Å². The van der Waals surface area contributed by atoms with E-state index < -0.39 is 0 Å². The Morgan fingerprint density at radius 1 is 0.933 bits per heavy atom. The maximum absolute atomic E-state index is 6.13. The Hall–Kier alpha value is -2.47. The average Bonchev–Trinajstić information content (AvgIpc) is 2.76. The lowest BCUT2D eigenvalue weighted by Crippen LogP contribution is -3.00. The van der Waals surface area contributed by atoms with Crippen LogP contribution in [0.5, 0.6) is 23.0 Å². The SMILES string of the molecule is CCCCOc1c(OC)ccc2cc3[n+](cc12)CCc1cc(OC)c(OC)cc1-3.[Br-]. The van der Waals surface area contributed by atoms with Crippen LogP contribution in [0.2, 0.25) is 0 Å². The van der Waals surface area contributed by atoms with Crippen molar-refractivity contribution in [3.05, 3.63) is 42.1 Å². The van der Waals surface area contributed by atoms with Crippen LogP contribution in [-0.2, 0) is 13.0 Å². The average molecular weight is 474 g/mol. The van der Waals surface area contributed by atoms with Gasteiger partial charge in [0.25, 0.3) is 0 Å². The molecule has 1 aliphatic heterocycles. The van der Waals surface area contributed by atoms with Crippen molar-refractivity contribution in [3.63, 3.8) is 0 Å². The fourth-order valence-corrected chi connectivity index (χ4v) is 3.96. The third kappa shape index (κ3) is 3.93. The summed E-state index contributed by atoms with van der Waals surface area (Å²) in [4.78, 5) is 0. The van der Waals surface area contributed by atoms with Gasteiger partial charge in [-0.05, 0) is 41.6 Å². The maximum atomic E-state index is 6.13. The lowest BCUT2D eigenvalue weighted by molar-refractivity contribution is -0.686. The summed E-state index contributed by atoms with van der Waals surface area (Å²) in [5, 5.41) is 2.21. The number of rotatable bonds is 7. The summed E-state index contributed by atoms with van der Waals surface area (Å²) < 4.78 is 25.0. The van der Waals surface area contributed by atoms with Crippen molar-refractivity contribution in [1.29, 1.82) is 0 Å². The molecular weight excluding hydrogens is 446 g/mol. The van der Waals surface area contributed by atoms with Crippen LogP contribution in [0.25, 0.3) is 22.0 Å². The lowest BCUT2D eigenvalue weighted by Gasteiger charge is -2.19. The fourth-order valence-electron chi connectivity index (χ4n) is 3.96. The predicted octanol–water partition coefficient (Wildman–Crippen LogP) is 1.56. The number of nitrogens with zero attached hydrogens (tertiary/aromatic N) is 1. The van der Waals surface area contributed by atoms with Crippen LogP contribution in [0.15, 0.2) is 36.5 Å². The van der Waals surface area contributed by atoms with Gasteiger partial charge in [0, 0.05) is 12.5 Å².